The third-order valence-corrected chi connectivity index (χ3v) is 3.63. The minimum Gasteiger partial charge on any atom is -0.497 e. The van der Waals surface area contributed by atoms with E-state index in [0.717, 1.165) is 12.8 Å². The molecule has 0 aromatic heterocycles. The molecule has 20 heavy (non-hydrogen) atoms. The molecule has 0 spiro atoms. The number of carbonyl (C=O) groups is 1. The minimum atomic E-state index is -0.667. The molecule has 0 radical (unpaired) electrons. The molecule has 0 saturated heterocycles. The topological polar surface area (TPSA) is 70.6 Å². The molecule has 6 heteroatoms. The van der Waals surface area contributed by atoms with Crippen molar-refractivity contribution in [2.45, 2.75) is 25.3 Å². The van der Waals surface area contributed by atoms with Crippen LogP contribution in [0.25, 0.3) is 0 Å². The summed E-state index contributed by atoms with van der Waals surface area (Å²) in [7, 11) is 1.47. The molecule has 2 rings (SSSR count). The van der Waals surface area contributed by atoms with Crippen LogP contribution in [0.2, 0.25) is 0 Å². The molecule has 1 saturated carbocycles. The molecular weight excluding hydrogens is 263 g/mol. The van der Waals surface area contributed by atoms with Gasteiger partial charge in [0.25, 0.3) is 0 Å². The number of urea groups is 1. The highest BCUT2D eigenvalue weighted by atomic mass is 19.1. The lowest BCUT2D eigenvalue weighted by atomic mass is 9.97. The first kappa shape index (κ1) is 14.6. The first-order valence-electron chi connectivity index (χ1n) is 6.52. The molecule has 1 aromatic carbocycles. The van der Waals surface area contributed by atoms with Gasteiger partial charge in [0.15, 0.2) is 0 Å². The van der Waals surface area contributed by atoms with E-state index in [0.29, 0.717) is 5.75 Å². The van der Waals surface area contributed by atoms with Crippen molar-refractivity contribution >= 4 is 11.7 Å². The van der Waals surface area contributed by atoms with Gasteiger partial charge in [0.1, 0.15) is 11.6 Å². The summed E-state index contributed by atoms with van der Waals surface area (Å²) in [5.74, 6) is 0.181. The van der Waals surface area contributed by atoms with Gasteiger partial charge in [-0.25, -0.2) is 9.18 Å². The maximum absolute atomic E-state index is 13.6. The van der Waals surface area contributed by atoms with Crippen LogP contribution in [0.5, 0.6) is 5.75 Å². The highest BCUT2D eigenvalue weighted by Gasteiger charge is 2.42. The zero-order valence-electron chi connectivity index (χ0n) is 11.6. The van der Waals surface area contributed by atoms with E-state index in [9.17, 15) is 14.3 Å². The Balaban J connectivity index is 2.04. The van der Waals surface area contributed by atoms with E-state index < -0.39 is 17.4 Å². The van der Waals surface area contributed by atoms with Crippen molar-refractivity contribution in [3.05, 3.63) is 24.0 Å². The van der Waals surface area contributed by atoms with E-state index in [-0.39, 0.29) is 18.2 Å². The van der Waals surface area contributed by atoms with Crippen LogP contribution in [-0.4, -0.2) is 30.4 Å². The first-order valence-corrected chi connectivity index (χ1v) is 6.52. The van der Waals surface area contributed by atoms with Gasteiger partial charge in [-0.1, -0.05) is 0 Å². The number of amides is 2. The van der Waals surface area contributed by atoms with Crippen LogP contribution in [0.15, 0.2) is 18.2 Å². The number of hydrogen-bond donors (Lipinski definition) is 3. The lowest BCUT2D eigenvalue weighted by molar-refractivity contribution is 0.159. The summed E-state index contributed by atoms with van der Waals surface area (Å²) in [6, 6.07) is 3.56. The highest BCUT2D eigenvalue weighted by Crippen LogP contribution is 2.39. The number of anilines is 1. The van der Waals surface area contributed by atoms with Crippen LogP contribution in [0.4, 0.5) is 14.9 Å². The number of nitrogens with one attached hydrogen (secondary N) is 2. The fraction of sp³-hybridized carbons (Fsp3) is 0.500. The summed E-state index contributed by atoms with van der Waals surface area (Å²) in [6.07, 6.45) is 1.95. The number of benzene rings is 1. The molecule has 3 N–H and O–H groups in total. The number of carbonyl (C=O) groups excluding carboxylic acids is 1. The maximum Gasteiger partial charge on any atom is 0.319 e. The summed E-state index contributed by atoms with van der Waals surface area (Å²) in [4.78, 5) is 11.9. The predicted molar refractivity (Wildman–Crippen MR) is 73.3 cm³/mol. The van der Waals surface area contributed by atoms with E-state index in [1.807, 2.05) is 0 Å². The monoisotopic (exact) mass is 282 g/mol. The van der Waals surface area contributed by atoms with Crippen molar-refractivity contribution in [3.8, 4) is 5.75 Å². The van der Waals surface area contributed by atoms with Crippen LogP contribution >= 0.6 is 0 Å². The number of halogens is 1. The van der Waals surface area contributed by atoms with Gasteiger partial charge in [-0.05, 0) is 37.8 Å². The Morgan fingerprint density at radius 3 is 2.80 bits per heavy atom. The van der Waals surface area contributed by atoms with Crippen molar-refractivity contribution in [3.63, 3.8) is 0 Å². The fourth-order valence-electron chi connectivity index (χ4n) is 2.13. The molecule has 1 atom stereocenters. The summed E-state index contributed by atoms with van der Waals surface area (Å²) in [5.41, 5.74) is -0.627. The third kappa shape index (κ3) is 3.19. The largest absolute Gasteiger partial charge is 0.497 e. The quantitative estimate of drug-likeness (QED) is 0.774. The Bertz CT molecular complexity index is 505. The van der Waals surface area contributed by atoms with E-state index in [1.54, 1.807) is 6.92 Å². The number of hydrogen-bond acceptors (Lipinski definition) is 3. The summed E-state index contributed by atoms with van der Waals surface area (Å²) in [6.45, 7) is 1.64. The molecule has 0 bridgehead atoms. The van der Waals surface area contributed by atoms with Crippen LogP contribution < -0.4 is 15.4 Å². The van der Waals surface area contributed by atoms with Crippen molar-refractivity contribution in [2.75, 3.05) is 19.0 Å². The van der Waals surface area contributed by atoms with Crippen molar-refractivity contribution < 1.29 is 19.0 Å². The Hall–Kier alpha value is -1.82. The van der Waals surface area contributed by atoms with Gasteiger partial charge in [-0.3, -0.25) is 0 Å². The third-order valence-electron chi connectivity index (χ3n) is 3.63. The molecule has 110 valence electrons. The van der Waals surface area contributed by atoms with E-state index >= 15 is 0 Å². The van der Waals surface area contributed by atoms with E-state index in [2.05, 4.69) is 10.6 Å². The smallest absolute Gasteiger partial charge is 0.319 e. The van der Waals surface area contributed by atoms with Crippen molar-refractivity contribution in [2.24, 2.45) is 5.92 Å². The molecular formula is C14H19FN2O3. The lowest BCUT2D eigenvalue weighted by Gasteiger charge is -2.28. The first-order chi connectivity index (χ1) is 9.48. The SMILES string of the molecule is COc1ccc(F)c(NC(=O)NC(C)(CO)C2CC2)c1. The zero-order chi connectivity index (χ0) is 14.8. The van der Waals surface area contributed by atoms with E-state index in [4.69, 9.17) is 4.74 Å². The lowest BCUT2D eigenvalue weighted by Crippen LogP contribution is -2.52. The minimum absolute atomic E-state index is 0.0398. The number of rotatable bonds is 5. The Morgan fingerprint density at radius 2 is 2.25 bits per heavy atom. The maximum atomic E-state index is 13.6. The van der Waals surface area contributed by atoms with Gasteiger partial charge in [-0.2, -0.15) is 0 Å². The average Bonchev–Trinajstić information content (AvgIpc) is 3.26. The van der Waals surface area contributed by atoms with E-state index in [1.165, 1.54) is 25.3 Å². The second-order valence-corrected chi connectivity index (χ2v) is 5.27. The standard InChI is InChI=1S/C14H19FN2O3/c1-14(8-18,9-3-4-9)17-13(19)16-12-7-10(20-2)5-6-11(12)15/h5-7,9,18H,3-4,8H2,1-2H3,(H2,16,17,19). The predicted octanol–water partition coefficient (Wildman–Crippen LogP) is 2.12. The van der Waals surface area contributed by atoms with Gasteiger partial charge in [0.05, 0.1) is 24.9 Å². The molecule has 0 aliphatic heterocycles. The van der Waals surface area contributed by atoms with Crippen LogP contribution in [0.3, 0.4) is 0 Å². The van der Waals surface area contributed by atoms with Gasteiger partial charge >= 0.3 is 6.03 Å². The Morgan fingerprint density at radius 1 is 1.55 bits per heavy atom. The highest BCUT2D eigenvalue weighted by molar-refractivity contribution is 5.90. The molecule has 1 aliphatic rings. The number of ether oxygens (including phenoxy) is 1. The number of aliphatic hydroxyl groups is 1. The molecule has 5 nitrogen and oxygen atoms in total. The molecule has 1 aromatic rings. The molecule has 1 unspecified atom stereocenters. The zero-order valence-corrected chi connectivity index (χ0v) is 11.6. The molecule has 1 fully saturated rings. The van der Waals surface area contributed by atoms with Crippen LogP contribution in [-0.2, 0) is 0 Å². The Kier molecular flexibility index (Phi) is 4.13. The second kappa shape index (κ2) is 5.66. The van der Waals surface area contributed by atoms with Crippen LogP contribution in [0.1, 0.15) is 19.8 Å². The molecule has 2 amide bonds. The van der Waals surface area contributed by atoms with Crippen molar-refractivity contribution in [1.29, 1.82) is 0 Å². The second-order valence-electron chi connectivity index (χ2n) is 5.27. The van der Waals surface area contributed by atoms with Gasteiger partial charge in [-0.15, -0.1) is 0 Å². The average molecular weight is 282 g/mol. The van der Waals surface area contributed by atoms with Gasteiger partial charge in [0.2, 0.25) is 0 Å². The molecule has 0 heterocycles. The summed E-state index contributed by atoms with van der Waals surface area (Å²) < 4.78 is 18.6. The molecule has 1 aliphatic carbocycles. The summed E-state index contributed by atoms with van der Waals surface area (Å²) >= 11 is 0. The Labute approximate surface area is 117 Å². The normalized spacial score (nSPS) is 17.2. The fourth-order valence-corrected chi connectivity index (χ4v) is 2.13. The van der Waals surface area contributed by atoms with Crippen LogP contribution in [0, 0.1) is 11.7 Å². The van der Waals surface area contributed by atoms with Crippen molar-refractivity contribution in [1.82, 2.24) is 5.32 Å². The summed E-state index contributed by atoms with van der Waals surface area (Å²) in [5, 5.41) is 14.6. The number of aliphatic hydroxyl groups excluding tert-OH is 1. The number of methoxy groups -OCH3 is 1. The van der Waals surface area contributed by atoms with Gasteiger partial charge < -0.3 is 20.5 Å². The van der Waals surface area contributed by atoms with Gasteiger partial charge in [0, 0.05) is 6.07 Å².